The zero-order valence-electron chi connectivity index (χ0n) is 15.7. The highest BCUT2D eigenvalue weighted by Crippen LogP contribution is 2.39. The Morgan fingerprint density at radius 2 is 1.93 bits per heavy atom. The molecule has 0 spiro atoms. The highest BCUT2D eigenvalue weighted by atomic mass is 35.5. The molecule has 150 valence electrons. The Kier molecular flexibility index (Phi) is 4.65. The van der Waals surface area contributed by atoms with E-state index in [0.717, 1.165) is 22.9 Å². The summed E-state index contributed by atoms with van der Waals surface area (Å²) in [5, 5.41) is -0.429. The summed E-state index contributed by atoms with van der Waals surface area (Å²) in [6, 6.07) is 8.94. The fraction of sp³-hybridized carbons (Fsp3) is 0.238. The first-order valence-corrected chi connectivity index (χ1v) is 9.37. The highest BCUT2D eigenvalue weighted by molar-refractivity contribution is 6.31. The van der Waals surface area contributed by atoms with Gasteiger partial charge in [-0.15, -0.1) is 0 Å². The predicted molar refractivity (Wildman–Crippen MR) is 105 cm³/mol. The Labute approximate surface area is 170 Å². The minimum absolute atomic E-state index is 0.0551. The molecule has 4 nitrogen and oxygen atoms in total. The number of hydrogen-bond acceptors (Lipinski definition) is 2. The summed E-state index contributed by atoms with van der Waals surface area (Å²) >= 11 is 5.87. The average molecular weight is 420 g/mol. The number of fused-ring (bicyclic) bond motifs is 1. The third-order valence-electron chi connectivity index (χ3n) is 5.06. The average Bonchev–Trinajstić information content (AvgIpc) is 3.09. The largest absolute Gasteiger partial charge is 0.417 e. The lowest BCUT2D eigenvalue weighted by molar-refractivity contribution is -0.137. The van der Waals surface area contributed by atoms with Gasteiger partial charge in [-0.3, -0.25) is 9.78 Å². The molecule has 0 saturated carbocycles. The molecule has 0 radical (unpaired) electrons. The van der Waals surface area contributed by atoms with Gasteiger partial charge in [0.15, 0.2) is 0 Å². The van der Waals surface area contributed by atoms with E-state index in [1.54, 1.807) is 6.20 Å². The van der Waals surface area contributed by atoms with Gasteiger partial charge in [0.2, 0.25) is 0 Å². The van der Waals surface area contributed by atoms with Crippen molar-refractivity contribution in [3.05, 3.63) is 70.8 Å². The van der Waals surface area contributed by atoms with Crippen LogP contribution in [0.1, 0.15) is 34.7 Å². The van der Waals surface area contributed by atoms with E-state index in [9.17, 15) is 18.0 Å². The number of halogens is 4. The van der Waals surface area contributed by atoms with Crippen molar-refractivity contribution in [3.63, 3.8) is 0 Å². The molecule has 29 heavy (non-hydrogen) atoms. The first kappa shape index (κ1) is 19.5. The highest BCUT2D eigenvalue weighted by Gasteiger charge is 2.36. The molecule has 1 atom stereocenters. The Hall–Kier alpha value is -2.80. The Morgan fingerprint density at radius 1 is 1.17 bits per heavy atom. The minimum Gasteiger partial charge on any atom is -0.338 e. The number of aryl methyl sites for hydroxylation is 1. The molecular formula is C21H17ClF3N3O. The summed E-state index contributed by atoms with van der Waals surface area (Å²) in [6.45, 7) is 4.15. The van der Waals surface area contributed by atoms with E-state index < -0.39 is 16.8 Å². The molecule has 3 heterocycles. The van der Waals surface area contributed by atoms with Gasteiger partial charge >= 0.3 is 6.18 Å². The zero-order valence-corrected chi connectivity index (χ0v) is 16.4. The topological polar surface area (TPSA) is 38.1 Å². The Bertz CT molecular complexity index is 1110. The summed E-state index contributed by atoms with van der Waals surface area (Å²) in [6.07, 6.45) is -1.01. The van der Waals surface area contributed by atoms with E-state index in [1.165, 1.54) is 17.0 Å². The summed E-state index contributed by atoms with van der Waals surface area (Å²) in [7, 11) is 0. The number of carbonyl (C=O) groups is 1. The first-order valence-electron chi connectivity index (χ1n) is 8.99. The second kappa shape index (κ2) is 6.91. The third-order valence-corrected chi connectivity index (χ3v) is 5.37. The maximum atomic E-state index is 13.3. The second-order valence-corrected chi connectivity index (χ2v) is 7.51. The maximum absolute atomic E-state index is 13.3. The van der Waals surface area contributed by atoms with Crippen LogP contribution in [0.5, 0.6) is 0 Å². The lowest BCUT2D eigenvalue weighted by Gasteiger charge is -2.34. The van der Waals surface area contributed by atoms with E-state index in [0.29, 0.717) is 17.9 Å². The maximum Gasteiger partial charge on any atom is 0.417 e. The van der Waals surface area contributed by atoms with Crippen molar-refractivity contribution in [2.75, 3.05) is 11.4 Å². The van der Waals surface area contributed by atoms with Gasteiger partial charge in [0.25, 0.3) is 5.91 Å². The zero-order chi connectivity index (χ0) is 20.9. The molecule has 0 unspecified atom stereocenters. The molecule has 1 aliphatic rings. The summed E-state index contributed by atoms with van der Waals surface area (Å²) in [5.41, 5.74) is 2.35. The minimum atomic E-state index is -4.55. The van der Waals surface area contributed by atoms with Crippen LogP contribution in [-0.2, 0) is 6.18 Å². The lowest BCUT2D eigenvalue weighted by atomic mass is 10.0. The van der Waals surface area contributed by atoms with Gasteiger partial charge in [-0.1, -0.05) is 11.6 Å². The van der Waals surface area contributed by atoms with Crippen LogP contribution in [0, 0.1) is 6.92 Å². The van der Waals surface area contributed by atoms with Crippen LogP contribution in [0.4, 0.5) is 18.9 Å². The molecule has 2 aromatic heterocycles. The lowest BCUT2D eigenvalue weighted by Crippen LogP contribution is -2.42. The predicted octanol–water partition coefficient (Wildman–Crippen LogP) is 5.75. The molecule has 0 fully saturated rings. The molecule has 0 bridgehead atoms. The van der Waals surface area contributed by atoms with Gasteiger partial charge in [0.1, 0.15) is 5.69 Å². The first-order chi connectivity index (χ1) is 13.7. The number of rotatable bonds is 2. The fourth-order valence-electron chi connectivity index (χ4n) is 3.67. The number of aromatic nitrogens is 2. The van der Waals surface area contributed by atoms with Gasteiger partial charge in [-0.2, -0.15) is 13.2 Å². The smallest absolute Gasteiger partial charge is 0.338 e. The van der Waals surface area contributed by atoms with Crippen LogP contribution in [0.15, 0.2) is 48.8 Å². The van der Waals surface area contributed by atoms with E-state index >= 15 is 0 Å². The van der Waals surface area contributed by atoms with Gasteiger partial charge in [-0.05, 0) is 55.8 Å². The summed E-state index contributed by atoms with van der Waals surface area (Å²) < 4.78 is 40.9. The molecular weight excluding hydrogens is 403 g/mol. The van der Waals surface area contributed by atoms with Crippen LogP contribution in [0.25, 0.3) is 11.1 Å². The van der Waals surface area contributed by atoms with Crippen LogP contribution < -0.4 is 4.90 Å². The molecule has 0 aliphatic carbocycles. The van der Waals surface area contributed by atoms with Crippen LogP contribution in [0.2, 0.25) is 5.02 Å². The molecule has 4 rings (SSSR count). The number of pyridine rings is 1. The number of anilines is 1. The third kappa shape index (κ3) is 3.40. The van der Waals surface area contributed by atoms with E-state index in [2.05, 4.69) is 4.98 Å². The van der Waals surface area contributed by atoms with Gasteiger partial charge in [0, 0.05) is 41.9 Å². The number of benzene rings is 1. The number of amides is 1. The van der Waals surface area contributed by atoms with Crippen molar-refractivity contribution in [3.8, 4) is 11.1 Å². The van der Waals surface area contributed by atoms with Gasteiger partial charge in [-0.25, -0.2) is 0 Å². The molecule has 3 aromatic rings. The summed E-state index contributed by atoms with van der Waals surface area (Å²) in [4.78, 5) is 19.0. The molecule has 0 saturated heterocycles. The van der Waals surface area contributed by atoms with E-state index in [1.807, 2.05) is 42.8 Å². The second-order valence-electron chi connectivity index (χ2n) is 7.10. The molecule has 8 heteroatoms. The van der Waals surface area contributed by atoms with Gasteiger partial charge in [0.05, 0.1) is 10.6 Å². The van der Waals surface area contributed by atoms with Crippen LogP contribution in [-0.4, -0.2) is 22.0 Å². The Morgan fingerprint density at radius 3 is 2.59 bits per heavy atom. The molecule has 1 amide bonds. The van der Waals surface area contributed by atoms with E-state index in [4.69, 9.17) is 11.6 Å². The number of alkyl halides is 3. The van der Waals surface area contributed by atoms with Crippen LogP contribution >= 0.6 is 11.6 Å². The summed E-state index contributed by atoms with van der Waals surface area (Å²) in [5.74, 6) is -0.284. The molecule has 1 aliphatic heterocycles. The SMILES string of the molecule is Cc1cc(-c2ccn3c2C(=O)N(c2ccc(C(F)(F)F)c(Cl)c2)C[C@@H]3C)ccn1. The fourth-order valence-corrected chi connectivity index (χ4v) is 3.96. The molecule has 1 aromatic carbocycles. The normalized spacial score (nSPS) is 16.8. The van der Waals surface area contributed by atoms with Crippen LogP contribution in [0.3, 0.4) is 0 Å². The monoisotopic (exact) mass is 419 g/mol. The quantitative estimate of drug-likeness (QED) is 0.530. The van der Waals surface area contributed by atoms with Crippen molar-refractivity contribution < 1.29 is 18.0 Å². The van der Waals surface area contributed by atoms with Crippen molar-refractivity contribution in [2.24, 2.45) is 0 Å². The van der Waals surface area contributed by atoms with Gasteiger partial charge < -0.3 is 9.47 Å². The standard InChI is InChI=1S/C21H17ClF3N3O/c1-12-9-14(5-7-26-12)16-6-8-27-13(2)11-28(20(29)19(16)27)15-3-4-17(18(22)10-15)21(23,24)25/h3-10,13H,11H2,1-2H3/t13-/m0/s1. The van der Waals surface area contributed by atoms with Crippen molar-refractivity contribution in [2.45, 2.75) is 26.1 Å². The number of nitrogens with zero attached hydrogens (tertiary/aromatic N) is 3. The number of hydrogen-bond donors (Lipinski definition) is 0. The number of carbonyl (C=O) groups excluding carboxylic acids is 1. The Balaban J connectivity index is 1.77. The van der Waals surface area contributed by atoms with Crippen molar-refractivity contribution in [1.29, 1.82) is 0 Å². The van der Waals surface area contributed by atoms with E-state index in [-0.39, 0.29) is 11.9 Å². The van der Waals surface area contributed by atoms with Crippen molar-refractivity contribution in [1.82, 2.24) is 9.55 Å². The van der Waals surface area contributed by atoms with Crippen molar-refractivity contribution >= 4 is 23.2 Å². The molecule has 0 N–H and O–H groups in total.